The van der Waals surface area contributed by atoms with Crippen LogP contribution in [-0.4, -0.2) is 31.4 Å². The van der Waals surface area contributed by atoms with Gasteiger partial charge in [0.2, 0.25) is 0 Å². The minimum Gasteiger partial charge on any atom is -0.481 e. The van der Waals surface area contributed by atoms with Crippen LogP contribution in [-0.2, 0) is 11.3 Å². The Kier molecular flexibility index (Phi) is 4.14. The van der Waals surface area contributed by atoms with Crippen molar-refractivity contribution in [3.05, 3.63) is 18.3 Å². The summed E-state index contributed by atoms with van der Waals surface area (Å²) in [6, 6.07) is 3.80. The number of imidazole rings is 1. The van der Waals surface area contributed by atoms with E-state index >= 15 is 0 Å². The normalized spacial score (nSPS) is 22.0. The number of carboxylic acids is 1. The third-order valence-corrected chi connectivity index (χ3v) is 5.00. The van der Waals surface area contributed by atoms with Gasteiger partial charge in [-0.05, 0) is 36.8 Å². The molecule has 1 saturated carbocycles. The van der Waals surface area contributed by atoms with Crippen molar-refractivity contribution in [3.8, 4) is 0 Å². The van der Waals surface area contributed by atoms with Crippen LogP contribution < -0.4 is 0 Å². The zero-order chi connectivity index (χ0) is 14.8. The van der Waals surface area contributed by atoms with Crippen molar-refractivity contribution < 1.29 is 9.90 Å². The number of aromatic nitrogens is 3. The molecular formula is C15H19N3O2S. The van der Waals surface area contributed by atoms with Crippen LogP contribution in [0.3, 0.4) is 0 Å². The highest BCUT2D eigenvalue weighted by molar-refractivity contribution is 7.99. The van der Waals surface area contributed by atoms with Crippen LogP contribution in [0.4, 0.5) is 0 Å². The average molecular weight is 305 g/mol. The molecule has 2 heterocycles. The molecule has 112 valence electrons. The highest BCUT2D eigenvalue weighted by Crippen LogP contribution is 2.33. The zero-order valence-corrected chi connectivity index (χ0v) is 12.8. The summed E-state index contributed by atoms with van der Waals surface area (Å²) < 4.78 is 2.10. The van der Waals surface area contributed by atoms with Crippen molar-refractivity contribution in [2.75, 3.05) is 5.75 Å². The van der Waals surface area contributed by atoms with Gasteiger partial charge in [-0.25, -0.2) is 9.97 Å². The van der Waals surface area contributed by atoms with E-state index in [2.05, 4.69) is 21.5 Å². The summed E-state index contributed by atoms with van der Waals surface area (Å²) >= 11 is 1.28. The topological polar surface area (TPSA) is 68.0 Å². The molecule has 1 aliphatic carbocycles. The number of carbonyl (C=O) groups is 1. The van der Waals surface area contributed by atoms with Crippen molar-refractivity contribution in [1.29, 1.82) is 0 Å². The molecule has 21 heavy (non-hydrogen) atoms. The smallest absolute Gasteiger partial charge is 0.313 e. The molecule has 0 amide bonds. The Bertz CT molecular complexity index is 655. The van der Waals surface area contributed by atoms with Gasteiger partial charge in [-0.2, -0.15) is 0 Å². The van der Waals surface area contributed by atoms with Gasteiger partial charge in [0.25, 0.3) is 0 Å². The van der Waals surface area contributed by atoms with E-state index < -0.39 is 5.97 Å². The average Bonchev–Trinajstić information content (AvgIpc) is 3.01. The first kappa shape index (κ1) is 14.4. The van der Waals surface area contributed by atoms with Crippen molar-refractivity contribution in [2.24, 2.45) is 11.8 Å². The van der Waals surface area contributed by atoms with Gasteiger partial charge in [-0.3, -0.25) is 4.79 Å². The largest absolute Gasteiger partial charge is 0.481 e. The van der Waals surface area contributed by atoms with E-state index in [0.717, 1.165) is 28.8 Å². The first-order valence-electron chi connectivity index (χ1n) is 7.29. The Labute approximate surface area is 127 Å². The maximum Gasteiger partial charge on any atom is 0.313 e. The molecule has 0 aliphatic heterocycles. The first-order chi connectivity index (χ1) is 10.1. The highest BCUT2D eigenvalue weighted by Gasteiger charge is 2.24. The van der Waals surface area contributed by atoms with E-state index in [4.69, 9.17) is 5.11 Å². The molecule has 2 atom stereocenters. The molecule has 0 radical (unpaired) electrons. The highest BCUT2D eigenvalue weighted by atomic mass is 32.2. The lowest BCUT2D eigenvalue weighted by Crippen LogP contribution is -2.10. The standard InChI is InChI=1S/C15H19N3O2S/c1-10-4-5-11(7-10)8-18-14-12(3-2-6-16-14)17-15(18)21-9-13(19)20/h2-3,6,10-11H,4-5,7-9H2,1H3,(H,19,20). The fourth-order valence-electron chi connectivity index (χ4n) is 3.09. The Hall–Kier alpha value is -1.56. The van der Waals surface area contributed by atoms with Gasteiger partial charge in [0, 0.05) is 12.7 Å². The lowest BCUT2D eigenvalue weighted by molar-refractivity contribution is -0.133. The third kappa shape index (κ3) is 3.20. The summed E-state index contributed by atoms with van der Waals surface area (Å²) in [4.78, 5) is 19.8. The molecule has 2 aromatic rings. The van der Waals surface area contributed by atoms with Crippen LogP contribution in [0.25, 0.3) is 11.2 Å². The van der Waals surface area contributed by atoms with Crippen LogP contribution in [0.15, 0.2) is 23.5 Å². The monoisotopic (exact) mass is 305 g/mol. The minimum absolute atomic E-state index is 0.0321. The predicted molar refractivity (Wildman–Crippen MR) is 82.4 cm³/mol. The Morgan fingerprint density at radius 3 is 3.10 bits per heavy atom. The van der Waals surface area contributed by atoms with Crippen LogP contribution in [0.1, 0.15) is 26.2 Å². The number of rotatable bonds is 5. The van der Waals surface area contributed by atoms with Crippen molar-refractivity contribution >= 4 is 28.9 Å². The summed E-state index contributed by atoms with van der Waals surface area (Å²) in [6.45, 7) is 3.18. The SMILES string of the molecule is CC1CCC(Cn2c(SCC(=O)O)nc3cccnc32)C1. The molecule has 3 rings (SSSR count). The molecule has 2 unspecified atom stereocenters. The molecular weight excluding hydrogens is 286 g/mol. The van der Waals surface area contributed by atoms with Gasteiger partial charge in [0.1, 0.15) is 5.52 Å². The van der Waals surface area contributed by atoms with E-state index in [1.54, 1.807) is 6.20 Å². The second kappa shape index (κ2) is 6.05. The van der Waals surface area contributed by atoms with E-state index in [1.165, 1.54) is 31.0 Å². The fourth-order valence-corrected chi connectivity index (χ4v) is 3.82. The molecule has 1 fully saturated rings. The fraction of sp³-hybridized carbons (Fsp3) is 0.533. The molecule has 6 heteroatoms. The van der Waals surface area contributed by atoms with Gasteiger partial charge >= 0.3 is 5.97 Å². The Morgan fingerprint density at radius 1 is 1.52 bits per heavy atom. The van der Waals surface area contributed by atoms with Crippen LogP contribution in [0.2, 0.25) is 0 Å². The van der Waals surface area contributed by atoms with Gasteiger partial charge in [-0.1, -0.05) is 25.1 Å². The summed E-state index contributed by atoms with van der Waals surface area (Å²) in [5, 5.41) is 9.66. The van der Waals surface area contributed by atoms with Crippen LogP contribution >= 0.6 is 11.8 Å². The maximum atomic E-state index is 10.8. The summed E-state index contributed by atoms with van der Waals surface area (Å²) in [5.41, 5.74) is 1.71. The molecule has 1 N–H and O–H groups in total. The zero-order valence-electron chi connectivity index (χ0n) is 12.0. The van der Waals surface area contributed by atoms with E-state index in [9.17, 15) is 4.79 Å². The summed E-state index contributed by atoms with van der Waals surface area (Å²) in [7, 11) is 0. The van der Waals surface area contributed by atoms with Gasteiger partial charge in [0.05, 0.1) is 5.75 Å². The molecule has 0 bridgehead atoms. The molecule has 1 aliphatic rings. The van der Waals surface area contributed by atoms with E-state index in [1.807, 2.05) is 12.1 Å². The molecule has 2 aromatic heterocycles. The van der Waals surface area contributed by atoms with Crippen LogP contribution in [0, 0.1) is 11.8 Å². The van der Waals surface area contributed by atoms with Crippen molar-refractivity contribution in [1.82, 2.24) is 14.5 Å². The predicted octanol–water partition coefficient (Wildman–Crippen LogP) is 3.04. The number of nitrogens with zero attached hydrogens (tertiary/aromatic N) is 3. The quantitative estimate of drug-likeness (QED) is 0.860. The second-order valence-electron chi connectivity index (χ2n) is 5.82. The number of hydrogen-bond donors (Lipinski definition) is 1. The lowest BCUT2D eigenvalue weighted by atomic mass is 10.1. The number of hydrogen-bond acceptors (Lipinski definition) is 4. The summed E-state index contributed by atoms with van der Waals surface area (Å²) in [5.74, 6) is 0.641. The van der Waals surface area contributed by atoms with Crippen molar-refractivity contribution in [3.63, 3.8) is 0 Å². The van der Waals surface area contributed by atoms with Gasteiger partial charge < -0.3 is 9.67 Å². The van der Waals surface area contributed by atoms with E-state index in [-0.39, 0.29) is 5.75 Å². The van der Waals surface area contributed by atoms with Crippen LogP contribution in [0.5, 0.6) is 0 Å². The molecule has 0 aromatic carbocycles. The Balaban J connectivity index is 1.89. The number of thioether (sulfide) groups is 1. The second-order valence-corrected chi connectivity index (χ2v) is 6.76. The first-order valence-corrected chi connectivity index (χ1v) is 8.28. The number of pyridine rings is 1. The minimum atomic E-state index is -0.818. The summed E-state index contributed by atoms with van der Waals surface area (Å²) in [6.07, 6.45) is 5.51. The van der Waals surface area contributed by atoms with Gasteiger partial charge in [-0.15, -0.1) is 0 Å². The molecule has 0 saturated heterocycles. The van der Waals surface area contributed by atoms with Gasteiger partial charge in [0.15, 0.2) is 10.8 Å². The molecule has 0 spiro atoms. The number of carboxylic acid groups (broad SMARTS) is 1. The lowest BCUT2D eigenvalue weighted by Gasteiger charge is -2.13. The third-order valence-electron chi connectivity index (χ3n) is 4.04. The maximum absolute atomic E-state index is 10.8. The van der Waals surface area contributed by atoms with Crippen molar-refractivity contribution in [2.45, 2.75) is 37.9 Å². The Morgan fingerprint density at radius 2 is 2.38 bits per heavy atom. The van der Waals surface area contributed by atoms with E-state index in [0.29, 0.717) is 5.92 Å². The number of aliphatic carboxylic acids is 1. The number of fused-ring (bicyclic) bond motifs is 1. The molecule has 5 nitrogen and oxygen atoms in total.